The van der Waals surface area contributed by atoms with Crippen LogP contribution in [-0.4, -0.2) is 47.0 Å². The summed E-state index contributed by atoms with van der Waals surface area (Å²) in [5.41, 5.74) is 2.31. The van der Waals surface area contributed by atoms with Crippen molar-refractivity contribution in [2.75, 3.05) is 20.1 Å². The molecule has 1 aromatic carbocycles. The number of rotatable bonds is 5. The number of aryl methyl sites for hydroxylation is 1. The highest BCUT2D eigenvalue weighted by Gasteiger charge is 2.38. The smallest absolute Gasteiger partial charge is 0.289 e. The van der Waals surface area contributed by atoms with Gasteiger partial charge in [-0.25, -0.2) is 0 Å². The molecule has 0 saturated carbocycles. The van der Waals surface area contributed by atoms with Crippen LogP contribution in [0.4, 0.5) is 0 Å². The van der Waals surface area contributed by atoms with Gasteiger partial charge in [-0.2, -0.15) is 0 Å². The third-order valence-electron chi connectivity index (χ3n) is 4.36. The zero-order valence-corrected chi connectivity index (χ0v) is 15.5. The van der Waals surface area contributed by atoms with Crippen molar-refractivity contribution in [3.63, 3.8) is 0 Å². The van der Waals surface area contributed by atoms with E-state index in [0.717, 1.165) is 5.56 Å². The van der Waals surface area contributed by atoms with Crippen LogP contribution in [0.2, 0.25) is 0 Å². The van der Waals surface area contributed by atoms with Crippen molar-refractivity contribution in [2.45, 2.75) is 24.5 Å². The molecule has 1 aromatic heterocycles. The molecule has 0 radical (unpaired) electrons. The molecule has 2 amide bonds. The largest absolute Gasteiger partial charge is 0.459 e. The summed E-state index contributed by atoms with van der Waals surface area (Å²) in [5, 5.41) is -0.0763. The molecule has 2 aromatic rings. The first-order chi connectivity index (χ1) is 12.0. The predicted octanol–water partition coefficient (Wildman–Crippen LogP) is 3.32. The summed E-state index contributed by atoms with van der Waals surface area (Å²) in [6, 6.07) is 11.6. The van der Waals surface area contributed by atoms with Gasteiger partial charge in [0.2, 0.25) is 5.91 Å². The lowest BCUT2D eigenvalue weighted by molar-refractivity contribution is -0.129. The van der Waals surface area contributed by atoms with Crippen molar-refractivity contribution in [1.29, 1.82) is 0 Å². The molecule has 2 atom stereocenters. The maximum absolute atomic E-state index is 12.6. The molecule has 0 N–H and O–H groups in total. The fraction of sp³-hybridized carbons (Fsp3) is 0.368. The van der Waals surface area contributed by atoms with Gasteiger partial charge >= 0.3 is 0 Å². The summed E-state index contributed by atoms with van der Waals surface area (Å²) in [6.07, 6.45) is 1.48. The van der Waals surface area contributed by atoms with E-state index in [1.807, 2.05) is 18.7 Å². The monoisotopic (exact) mass is 358 g/mol. The highest BCUT2D eigenvalue weighted by molar-refractivity contribution is 8.01. The number of furan rings is 1. The van der Waals surface area contributed by atoms with E-state index in [0.29, 0.717) is 18.8 Å². The van der Waals surface area contributed by atoms with Crippen LogP contribution in [0.15, 0.2) is 47.1 Å². The Morgan fingerprint density at radius 1 is 1.28 bits per heavy atom. The van der Waals surface area contributed by atoms with E-state index in [-0.39, 0.29) is 22.4 Å². The first-order valence-corrected chi connectivity index (χ1v) is 9.23. The van der Waals surface area contributed by atoms with Crippen molar-refractivity contribution >= 4 is 23.6 Å². The van der Waals surface area contributed by atoms with Gasteiger partial charge in [-0.15, -0.1) is 11.8 Å². The molecule has 6 heteroatoms. The molecule has 132 valence electrons. The second-order valence-corrected chi connectivity index (χ2v) is 7.70. The number of carbonyl (C=O) groups is 2. The molecule has 2 heterocycles. The molecule has 0 bridgehead atoms. The van der Waals surface area contributed by atoms with E-state index < -0.39 is 0 Å². The molecule has 25 heavy (non-hydrogen) atoms. The molecular formula is C19H22N2O3S. The van der Waals surface area contributed by atoms with E-state index in [9.17, 15) is 9.59 Å². The molecule has 3 rings (SSSR count). The zero-order valence-electron chi connectivity index (χ0n) is 14.6. The molecule has 2 unspecified atom stereocenters. The summed E-state index contributed by atoms with van der Waals surface area (Å²) < 4.78 is 5.15. The molecule has 1 fully saturated rings. The second kappa shape index (κ2) is 7.35. The molecule has 1 saturated heterocycles. The zero-order chi connectivity index (χ0) is 18.0. The summed E-state index contributed by atoms with van der Waals surface area (Å²) >= 11 is 1.65. The normalized spacial score (nSPS) is 20.1. The van der Waals surface area contributed by atoms with Crippen LogP contribution in [-0.2, 0) is 4.79 Å². The Morgan fingerprint density at radius 3 is 2.64 bits per heavy atom. The van der Waals surface area contributed by atoms with E-state index in [4.69, 9.17) is 4.42 Å². The van der Waals surface area contributed by atoms with Gasteiger partial charge in [-0.3, -0.25) is 9.59 Å². The predicted molar refractivity (Wildman–Crippen MR) is 98.4 cm³/mol. The van der Waals surface area contributed by atoms with Crippen LogP contribution in [0.3, 0.4) is 0 Å². The lowest BCUT2D eigenvalue weighted by atomic mass is 10.1. The van der Waals surface area contributed by atoms with Crippen molar-refractivity contribution in [3.8, 4) is 0 Å². The fourth-order valence-corrected chi connectivity index (χ4v) is 4.15. The molecule has 0 aliphatic carbocycles. The summed E-state index contributed by atoms with van der Waals surface area (Å²) in [5.74, 6) is 0.256. The number of carbonyl (C=O) groups excluding carboxylic acids is 2. The second-order valence-electron chi connectivity index (χ2n) is 6.28. The van der Waals surface area contributed by atoms with E-state index in [1.54, 1.807) is 35.8 Å². The van der Waals surface area contributed by atoms with Gasteiger partial charge in [-0.05, 0) is 31.5 Å². The fourth-order valence-electron chi connectivity index (χ4n) is 2.84. The maximum atomic E-state index is 12.6. The van der Waals surface area contributed by atoms with Crippen LogP contribution >= 0.6 is 11.8 Å². The Labute approximate surface area is 152 Å². The Morgan fingerprint density at radius 2 is 2.00 bits per heavy atom. The summed E-state index contributed by atoms with van der Waals surface area (Å²) in [4.78, 5) is 28.3. The number of hydrogen-bond donors (Lipinski definition) is 0. The molecule has 1 aliphatic rings. The molecule has 5 nitrogen and oxygen atoms in total. The van der Waals surface area contributed by atoms with E-state index in [1.165, 1.54) is 11.8 Å². The minimum Gasteiger partial charge on any atom is -0.459 e. The van der Waals surface area contributed by atoms with Crippen LogP contribution in [0.5, 0.6) is 0 Å². The molecule has 1 aliphatic heterocycles. The number of hydrogen-bond acceptors (Lipinski definition) is 4. The van der Waals surface area contributed by atoms with Crippen molar-refractivity contribution in [3.05, 3.63) is 59.5 Å². The quantitative estimate of drug-likeness (QED) is 0.823. The van der Waals surface area contributed by atoms with Crippen LogP contribution < -0.4 is 0 Å². The van der Waals surface area contributed by atoms with Gasteiger partial charge in [-0.1, -0.05) is 29.8 Å². The summed E-state index contributed by atoms with van der Waals surface area (Å²) in [7, 11) is 1.73. The number of likely N-dealkylation sites (N-methyl/N-ethyl adjacent to an activating group) is 1. The highest BCUT2D eigenvalue weighted by atomic mass is 32.2. The lowest BCUT2D eigenvalue weighted by Crippen LogP contribution is -2.39. The summed E-state index contributed by atoms with van der Waals surface area (Å²) in [6.45, 7) is 4.94. The number of thioether (sulfide) groups is 1. The van der Waals surface area contributed by atoms with Crippen molar-refractivity contribution in [2.24, 2.45) is 0 Å². The first kappa shape index (κ1) is 17.6. The number of benzene rings is 1. The average molecular weight is 358 g/mol. The minimum absolute atomic E-state index is 0.00443. The number of nitrogens with zero attached hydrogens (tertiary/aromatic N) is 2. The van der Waals surface area contributed by atoms with Crippen LogP contribution in [0.1, 0.15) is 34.0 Å². The Kier molecular flexibility index (Phi) is 5.18. The van der Waals surface area contributed by atoms with Gasteiger partial charge in [0.05, 0.1) is 11.5 Å². The van der Waals surface area contributed by atoms with Gasteiger partial charge < -0.3 is 14.2 Å². The third-order valence-corrected chi connectivity index (χ3v) is 5.76. The van der Waals surface area contributed by atoms with Crippen LogP contribution in [0.25, 0.3) is 0 Å². The third kappa shape index (κ3) is 3.74. The van der Waals surface area contributed by atoms with Gasteiger partial charge in [0.15, 0.2) is 5.76 Å². The maximum Gasteiger partial charge on any atom is 0.289 e. The SMILES string of the molecule is Cc1ccc(C2SC(C)C(=O)N2CCN(C)C(=O)c2ccco2)cc1. The average Bonchev–Trinajstić information content (AvgIpc) is 3.23. The van der Waals surface area contributed by atoms with Gasteiger partial charge in [0, 0.05) is 20.1 Å². The van der Waals surface area contributed by atoms with Gasteiger partial charge in [0.25, 0.3) is 5.91 Å². The van der Waals surface area contributed by atoms with E-state index >= 15 is 0 Å². The highest BCUT2D eigenvalue weighted by Crippen LogP contribution is 2.42. The molecular weight excluding hydrogens is 336 g/mol. The van der Waals surface area contributed by atoms with Crippen LogP contribution in [0, 0.1) is 6.92 Å². The first-order valence-electron chi connectivity index (χ1n) is 8.29. The standard InChI is InChI=1S/C19H22N2O3S/c1-13-6-8-15(9-7-13)19-21(17(22)14(2)25-19)11-10-20(3)18(23)16-5-4-12-24-16/h4-9,12,14,19H,10-11H2,1-3H3. The van der Waals surface area contributed by atoms with E-state index in [2.05, 4.69) is 24.3 Å². The molecule has 0 spiro atoms. The van der Waals surface area contributed by atoms with Crippen molar-refractivity contribution in [1.82, 2.24) is 9.80 Å². The Hall–Kier alpha value is -2.21. The topological polar surface area (TPSA) is 53.8 Å². The number of amides is 2. The lowest BCUT2D eigenvalue weighted by Gasteiger charge is -2.26. The Bertz CT molecular complexity index is 743. The van der Waals surface area contributed by atoms with Crippen molar-refractivity contribution < 1.29 is 14.0 Å². The van der Waals surface area contributed by atoms with Gasteiger partial charge in [0.1, 0.15) is 5.37 Å². The minimum atomic E-state index is -0.177. The Balaban J connectivity index is 1.69.